The Bertz CT molecular complexity index is 256. The molecule has 0 spiro atoms. The Morgan fingerprint density at radius 2 is 2.07 bits per heavy atom. The molecule has 0 aromatic rings. The van der Waals surface area contributed by atoms with Gasteiger partial charge in [-0.1, -0.05) is 6.58 Å². The molecule has 15 heavy (non-hydrogen) atoms. The zero-order valence-corrected chi connectivity index (χ0v) is 9.37. The van der Waals surface area contributed by atoms with Crippen LogP contribution in [0.5, 0.6) is 0 Å². The van der Waals surface area contributed by atoms with Gasteiger partial charge in [0.25, 0.3) is 0 Å². The number of hydrogen-bond acceptors (Lipinski definition) is 4. The number of rotatable bonds is 4. The minimum atomic E-state index is -0.824. The van der Waals surface area contributed by atoms with Crippen LogP contribution in [0.15, 0.2) is 12.7 Å². The van der Waals surface area contributed by atoms with Gasteiger partial charge in [0.1, 0.15) is 11.6 Å². The zero-order valence-electron chi connectivity index (χ0n) is 9.37. The van der Waals surface area contributed by atoms with E-state index in [1.54, 1.807) is 20.8 Å². The SMILES string of the molecule is C=CC(=O)NC(CN)C(=O)OC(C)(C)C. The lowest BCUT2D eigenvalue weighted by Crippen LogP contribution is -2.47. The molecular formula is C10H18N2O3. The first-order chi connectivity index (χ1) is 6.80. The maximum atomic E-state index is 11.5. The average molecular weight is 214 g/mol. The van der Waals surface area contributed by atoms with Crippen LogP contribution in [0.3, 0.4) is 0 Å². The number of hydrogen-bond donors (Lipinski definition) is 2. The number of esters is 1. The molecule has 0 aliphatic heterocycles. The highest BCUT2D eigenvalue weighted by Gasteiger charge is 2.24. The molecule has 86 valence electrons. The van der Waals surface area contributed by atoms with Crippen LogP contribution in [0.1, 0.15) is 20.8 Å². The molecule has 1 amide bonds. The lowest BCUT2D eigenvalue weighted by Gasteiger charge is -2.23. The van der Waals surface area contributed by atoms with Crippen molar-refractivity contribution in [2.45, 2.75) is 32.4 Å². The Hall–Kier alpha value is -1.36. The average Bonchev–Trinajstić information content (AvgIpc) is 2.10. The van der Waals surface area contributed by atoms with Crippen LogP contribution in [0.25, 0.3) is 0 Å². The maximum absolute atomic E-state index is 11.5. The van der Waals surface area contributed by atoms with Crippen molar-refractivity contribution in [2.24, 2.45) is 5.73 Å². The highest BCUT2D eigenvalue weighted by molar-refractivity contribution is 5.91. The molecule has 0 aromatic carbocycles. The summed E-state index contributed by atoms with van der Waals surface area (Å²) in [7, 11) is 0. The van der Waals surface area contributed by atoms with E-state index in [0.717, 1.165) is 6.08 Å². The molecule has 0 saturated carbocycles. The molecule has 5 heteroatoms. The van der Waals surface area contributed by atoms with Gasteiger partial charge in [0.15, 0.2) is 0 Å². The highest BCUT2D eigenvalue weighted by Crippen LogP contribution is 2.08. The number of carbonyl (C=O) groups is 2. The van der Waals surface area contributed by atoms with E-state index in [9.17, 15) is 9.59 Å². The first-order valence-electron chi connectivity index (χ1n) is 4.66. The van der Waals surface area contributed by atoms with Gasteiger partial charge in [-0.05, 0) is 26.8 Å². The largest absolute Gasteiger partial charge is 0.458 e. The molecule has 0 fully saturated rings. The molecule has 5 nitrogen and oxygen atoms in total. The third kappa shape index (κ3) is 5.85. The van der Waals surface area contributed by atoms with Gasteiger partial charge in [-0.15, -0.1) is 0 Å². The van der Waals surface area contributed by atoms with Crippen LogP contribution < -0.4 is 11.1 Å². The van der Waals surface area contributed by atoms with Crippen LogP contribution in [0, 0.1) is 0 Å². The van der Waals surface area contributed by atoms with Crippen LogP contribution in [-0.4, -0.2) is 30.1 Å². The first-order valence-corrected chi connectivity index (χ1v) is 4.66. The zero-order chi connectivity index (χ0) is 12.1. The van der Waals surface area contributed by atoms with Crippen molar-refractivity contribution >= 4 is 11.9 Å². The molecule has 0 rings (SSSR count). The van der Waals surface area contributed by atoms with Gasteiger partial charge in [0, 0.05) is 6.54 Å². The number of nitrogens with one attached hydrogen (secondary N) is 1. The highest BCUT2D eigenvalue weighted by atomic mass is 16.6. The lowest BCUT2D eigenvalue weighted by molar-refractivity contribution is -0.158. The van der Waals surface area contributed by atoms with E-state index >= 15 is 0 Å². The minimum Gasteiger partial charge on any atom is -0.458 e. The summed E-state index contributed by atoms with van der Waals surface area (Å²) in [5.41, 5.74) is 4.75. The van der Waals surface area contributed by atoms with E-state index in [1.807, 2.05) is 0 Å². The number of carbonyl (C=O) groups excluding carboxylic acids is 2. The Morgan fingerprint density at radius 3 is 2.40 bits per heavy atom. The molecule has 0 aromatic heterocycles. The summed E-state index contributed by atoms with van der Waals surface area (Å²) in [6.07, 6.45) is 1.08. The van der Waals surface area contributed by atoms with Gasteiger partial charge >= 0.3 is 5.97 Å². The number of nitrogens with two attached hydrogens (primary N) is 1. The molecule has 0 bridgehead atoms. The lowest BCUT2D eigenvalue weighted by atomic mass is 10.2. The molecule has 1 atom stereocenters. The Morgan fingerprint density at radius 1 is 1.53 bits per heavy atom. The smallest absolute Gasteiger partial charge is 0.330 e. The predicted molar refractivity (Wildman–Crippen MR) is 57.0 cm³/mol. The standard InChI is InChI=1S/C10H18N2O3/c1-5-8(13)12-7(6-11)9(14)15-10(2,3)4/h5,7H,1,6,11H2,2-4H3,(H,12,13). The Balaban J connectivity index is 4.35. The number of amides is 1. The quantitative estimate of drug-likeness (QED) is 0.508. The summed E-state index contributed by atoms with van der Waals surface area (Å²) in [5.74, 6) is -0.989. The van der Waals surface area contributed by atoms with Gasteiger partial charge in [-0.3, -0.25) is 4.79 Å². The summed E-state index contributed by atoms with van der Waals surface area (Å²) in [5, 5.41) is 2.38. The maximum Gasteiger partial charge on any atom is 0.330 e. The summed E-state index contributed by atoms with van der Waals surface area (Å²) in [6.45, 7) is 8.50. The van der Waals surface area contributed by atoms with Gasteiger partial charge in [0.2, 0.25) is 5.91 Å². The van der Waals surface area contributed by atoms with Gasteiger partial charge in [-0.2, -0.15) is 0 Å². The van der Waals surface area contributed by atoms with Crippen molar-refractivity contribution in [1.29, 1.82) is 0 Å². The first kappa shape index (κ1) is 13.6. The van der Waals surface area contributed by atoms with E-state index in [0.29, 0.717) is 0 Å². The summed E-state index contributed by atoms with van der Waals surface area (Å²) >= 11 is 0. The van der Waals surface area contributed by atoms with E-state index in [4.69, 9.17) is 10.5 Å². The molecular weight excluding hydrogens is 196 g/mol. The second kappa shape index (κ2) is 5.50. The summed E-state index contributed by atoms with van der Waals surface area (Å²) < 4.78 is 5.07. The predicted octanol–water partition coefficient (Wildman–Crippen LogP) is -0.0424. The second-order valence-corrected chi connectivity index (χ2v) is 4.03. The fourth-order valence-corrected chi connectivity index (χ4v) is 0.818. The Kier molecular flexibility index (Phi) is 5.00. The van der Waals surface area contributed by atoms with Crippen LogP contribution in [-0.2, 0) is 14.3 Å². The second-order valence-electron chi connectivity index (χ2n) is 4.03. The third-order valence-corrected chi connectivity index (χ3v) is 1.43. The molecule has 0 aliphatic carbocycles. The monoisotopic (exact) mass is 214 g/mol. The van der Waals surface area contributed by atoms with Crippen LogP contribution >= 0.6 is 0 Å². The van der Waals surface area contributed by atoms with Gasteiger partial charge in [-0.25, -0.2) is 4.79 Å². The third-order valence-electron chi connectivity index (χ3n) is 1.43. The van der Waals surface area contributed by atoms with Crippen LogP contribution in [0.2, 0.25) is 0 Å². The van der Waals surface area contributed by atoms with Crippen molar-refractivity contribution in [3.05, 3.63) is 12.7 Å². The van der Waals surface area contributed by atoms with Crippen molar-refractivity contribution in [3.63, 3.8) is 0 Å². The van der Waals surface area contributed by atoms with Crippen LogP contribution in [0.4, 0.5) is 0 Å². The van der Waals surface area contributed by atoms with E-state index in [1.165, 1.54) is 0 Å². The van der Waals surface area contributed by atoms with Crippen molar-refractivity contribution < 1.29 is 14.3 Å². The molecule has 0 saturated heterocycles. The van der Waals surface area contributed by atoms with Crippen molar-refractivity contribution in [3.8, 4) is 0 Å². The Labute approximate surface area is 89.7 Å². The van der Waals surface area contributed by atoms with Gasteiger partial charge < -0.3 is 15.8 Å². The van der Waals surface area contributed by atoms with Crippen molar-refractivity contribution in [1.82, 2.24) is 5.32 Å². The van der Waals surface area contributed by atoms with Gasteiger partial charge in [0.05, 0.1) is 0 Å². The molecule has 3 N–H and O–H groups in total. The molecule has 0 aliphatic rings. The summed E-state index contributed by atoms with van der Waals surface area (Å²) in [6, 6.07) is -0.824. The fourth-order valence-electron chi connectivity index (χ4n) is 0.818. The molecule has 0 heterocycles. The van der Waals surface area contributed by atoms with E-state index < -0.39 is 23.5 Å². The fraction of sp³-hybridized carbons (Fsp3) is 0.600. The number of ether oxygens (including phenoxy) is 1. The van der Waals surface area contributed by atoms with E-state index in [-0.39, 0.29) is 6.54 Å². The topological polar surface area (TPSA) is 81.4 Å². The normalized spacial score (nSPS) is 12.8. The molecule has 0 radical (unpaired) electrons. The minimum absolute atomic E-state index is 0.00546. The van der Waals surface area contributed by atoms with Crippen molar-refractivity contribution in [2.75, 3.05) is 6.54 Å². The van der Waals surface area contributed by atoms with E-state index in [2.05, 4.69) is 11.9 Å². The molecule has 1 unspecified atom stereocenters. The summed E-state index contributed by atoms with van der Waals surface area (Å²) in [4.78, 5) is 22.4.